The zero-order valence-electron chi connectivity index (χ0n) is 11.4. The fourth-order valence-electron chi connectivity index (χ4n) is 2.60. The van der Waals surface area contributed by atoms with Crippen LogP contribution in [0.5, 0.6) is 0 Å². The molecule has 0 saturated heterocycles. The molecule has 18 heavy (non-hydrogen) atoms. The van der Waals surface area contributed by atoms with E-state index in [9.17, 15) is 0 Å². The molecule has 2 atom stereocenters. The lowest BCUT2D eigenvalue weighted by molar-refractivity contribution is 0.338. The molecule has 3 N–H and O–H groups in total. The van der Waals surface area contributed by atoms with Gasteiger partial charge in [-0.3, -0.25) is 16.0 Å². The van der Waals surface area contributed by atoms with E-state index in [1.165, 1.54) is 18.5 Å². The molecule has 1 aliphatic carbocycles. The summed E-state index contributed by atoms with van der Waals surface area (Å²) < 4.78 is 3.13. The van der Waals surface area contributed by atoms with E-state index in [1.54, 1.807) is 0 Å². The number of nitrogens with one attached hydrogen (secondary N) is 1. The zero-order chi connectivity index (χ0) is 13.3. The maximum atomic E-state index is 5.73. The Morgan fingerprint density at radius 3 is 2.67 bits per heavy atom. The van der Waals surface area contributed by atoms with Crippen LogP contribution in [0.25, 0.3) is 0 Å². The highest BCUT2D eigenvalue weighted by atomic mass is 79.9. The molecule has 1 aromatic rings. The van der Waals surface area contributed by atoms with Crippen LogP contribution in [-0.2, 0) is 19.9 Å². The number of nitrogens with two attached hydrogens (primary N) is 1. The van der Waals surface area contributed by atoms with Gasteiger partial charge in [-0.1, -0.05) is 13.8 Å². The lowest BCUT2D eigenvalue weighted by Crippen LogP contribution is -2.42. The third-order valence-corrected chi connectivity index (χ3v) is 5.05. The third kappa shape index (κ3) is 2.78. The largest absolute Gasteiger partial charge is 0.271 e. The summed E-state index contributed by atoms with van der Waals surface area (Å²) in [6, 6.07) is 0.328. The van der Waals surface area contributed by atoms with Gasteiger partial charge in [0.05, 0.1) is 15.9 Å². The predicted octanol–water partition coefficient (Wildman–Crippen LogP) is 2.17. The van der Waals surface area contributed by atoms with Crippen LogP contribution in [0.15, 0.2) is 4.47 Å². The fourth-order valence-corrected chi connectivity index (χ4v) is 3.38. The van der Waals surface area contributed by atoms with Gasteiger partial charge in [0.2, 0.25) is 0 Å². The molecule has 1 saturated carbocycles. The number of aryl methyl sites for hydroxylation is 2. The number of rotatable bonds is 6. The Bertz CT molecular complexity index is 411. The smallest absolute Gasteiger partial charge is 0.0766 e. The van der Waals surface area contributed by atoms with Gasteiger partial charge in [0.25, 0.3) is 0 Å². The van der Waals surface area contributed by atoms with Crippen LogP contribution in [-0.4, -0.2) is 15.8 Å². The van der Waals surface area contributed by atoms with Crippen LogP contribution in [0.1, 0.15) is 38.1 Å². The second-order valence-corrected chi connectivity index (χ2v) is 6.15. The monoisotopic (exact) mass is 314 g/mol. The number of hydrazine groups is 1. The Labute approximate surface area is 117 Å². The van der Waals surface area contributed by atoms with Crippen molar-refractivity contribution in [3.05, 3.63) is 15.9 Å². The summed E-state index contributed by atoms with van der Waals surface area (Å²) in [6.45, 7) is 4.43. The molecular formula is C13H23BrN4. The first kappa shape index (κ1) is 14.0. The van der Waals surface area contributed by atoms with Gasteiger partial charge >= 0.3 is 0 Å². The van der Waals surface area contributed by atoms with Crippen molar-refractivity contribution < 1.29 is 0 Å². The number of hydrogen-bond donors (Lipinski definition) is 2. The van der Waals surface area contributed by atoms with Crippen LogP contribution in [0.3, 0.4) is 0 Å². The maximum Gasteiger partial charge on any atom is 0.0766 e. The van der Waals surface area contributed by atoms with Crippen LogP contribution in [0.2, 0.25) is 0 Å². The van der Waals surface area contributed by atoms with Gasteiger partial charge in [-0.2, -0.15) is 5.10 Å². The highest BCUT2D eigenvalue weighted by Gasteiger charge is 2.33. The maximum absolute atomic E-state index is 5.73. The molecule has 0 aromatic carbocycles. The molecule has 1 fully saturated rings. The molecule has 5 heteroatoms. The summed E-state index contributed by atoms with van der Waals surface area (Å²) in [6.07, 6.45) is 4.59. The zero-order valence-corrected chi connectivity index (χ0v) is 13.0. The molecule has 1 heterocycles. The van der Waals surface area contributed by atoms with Crippen molar-refractivity contribution in [2.24, 2.45) is 24.7 Å². The summed E-state index contributed by atoms with van der Waals surface area (Å²) in [7, 11) is 2.01. The van der Waals surface area contributed by atoms with Crippen molar-refractivity contribution in [1.82, 2.24) is 15.2 Å². The Morgan fingerprint density at radius 1 is 1.56 bits per heavy atom. The second kappa shape index (κ2) is 5.72. The first-order chi connectivity index (χ1) is 8.58. The lowest BCUT2D eigenvalue weighted by Gasteiger charge is -2.23. The molecule has 2 rings (SSSR count). The van der Waals surface area contributed by atoms with Crippen molar-refractivity contribution in [3.63, 3.8) is 0 Å². The van der Waals surface area contributed by atoms with Crippen molar-refractivity contribution in [3.8, 4) is 0 Å². The summed E-state index contributed by atoms with van der Waals surface area (Å²) in [4.78, 5) is 0. The number of aromatic nitrogens is 2. The fraction of sp³-hybridized carbons (Fsp3) is 0.769. The average Bonchev–Trinajstić information content (AvgIpc) is 3.16. The number of hydrogen-bond acceptors (Lipinski definition) is 3. The van der Waals surface area contributed by atoms with E-state index < -0.39 is 0 Å². The van der Waals surface area contributed by atoms with Crippen molar-refractivity contribution in [1.29, 1.82) is 0 Å². The topological polar surface area (TPSA) is 55.9 Å². The minimum atomic E-state index is 0.328. The van der Waals surface area contributed by atoms with Gasteiger partial charge in [-0.05, 0) is 47.0 Å². The van der Waals surface area contributed by atoms with Gasteiger partial charge in [0, 0.05) is 19.5 Å². The van der Waals surface area contributed by atoms with E-state index >= 15 is 0 Å². The predicted molar refractivity (Wildman–Crippen MR) is 77.0 cm³/mol. The molecule has 1 aliphatic rings. The Balaban J connectivity index is 2.13. The Morgan fingerprint density at radius 2 is 2.22 bits per heavy atom. The Kier molecular flexibility index (Phi) is 4.45. The van der Waals surface area contributed by atoms with E-state index in [0.29, 0.717) is 12.0 Å². The number of nitrogens with zero attached hydrogens (tertiary/aromatic N) is 2. The standard InChI is InChI=1S/C13H23BrN4/c1-4-10-13(14)12(18(3)17-10)7-11(16-15)8(2)9-5-6-9/h8-9,11,16H,4-7,15H2,1-3H3. The molecule has 4 nitrogen and oxygen atoms in total. The molecule has 2 unspecified atom stereocenters. The highest BCUT2D eigenvalue weighted by molar-refractivity contribution is 9.10. The average molecular weight is 315 g/mol. The first-order valence-corrected chi connectivity index (χ1v) is 7.54. The van der Waals surface area contributed by atoms with Gasteiger partial charge in [-0.15, -0.1) is 0 Å². The van der Waals surface area contributed by atoms with Crippen LogP contribution in [0, 0.1) is 11.8 Å². The summed E-state index contributed by atoms with van der Waals surface area (Å²) >= 11 is 3.67. The summed E-state index contributed by atoms with van der Waals surface area (Å²) in [5, 5.41) is 4.54. The minimum Gasteiger partial charge on any atom is -0.271 e. The van der Waals surface area contributed by atoms with Crippen molar-refractivity contribution in [2.45, 2.75) is 45.6 Å². The molecule has 102 valence electrons. The first-order valence-electron chi connectivity index (χ1n) is 6.74. The highest BCUT2D eigenvalue weighted by Crippen LogP contribution is 2.39. The van der Waals surface area contributed by atoms with Crippen molar-refractivity contribution >= 4 is 15.9 Å². The van der Waals surface area contributed by atoms with Gasteiger partial charge < -0.3 is 0 Å². The third-order valence-electron chi connectivity index (χ3n) is 4.13. The summed E-state index contributed by atoms with van der Waals surface area (Å²) in [5.74, 6) is 7.21. The van der Waals surface area contributed by atoms with E-state index in [2.05, 4.69) is 40.3 Å². The van der Waals surface area contributed by atoms with E-state index in [-0.39, 0.29) is 0 Å². The Hall–Kier alpha value is -0.390. The summed E-state index contributed by atoms with van der Waals surface area (Å²) in [5.41, 5.74) is 5.36. The molecule has 0 bridgehead atoms. The molecule has 0 radical (unpaired) electrons. The minimum absolute atomic E-state index is 0.328. The van der Waals surface area contributed by atoms with Crippen LogP contribution < -0.4 is 11.3 Å². The number of halogens is 1. The van der Waals surface area contributed by atoms with Gasteiger partial charge in [0.15, 0.2) is 0 Å². The molecule has 0 spiro atoms. The van der Waals surface area contributed by atoms with Crippen LogP contribution >= 0.6 is 15.9 Å². The van der Waals surface area contributed by atoms with E-state index in [4.69, 9.17) is 5.84 Å². The molecule has 1 aromatic heterocycles. The SMILES string of the molecule is CCc1nn(C)c(CC(NN)C(C)C2CC2)c1Br. The molecule has 0 amide bonds. The quantitative estimate of drug-likeness (QED) is 0.625. The molecule has 0 aliphatic heterocycles. The van der Waals surface area contributed by atoms with Crippen LogP contribution in [0.4, 0.5) is 0 Å². The van der Waals surface area contributed by atoms with E-state index in [1.807, 2.05) is 11.7 Å². The van der Waals surface area contributed by atoms with E-state index in [0.717, 1.165) is 28.9 Å². The normalized spacial score (nSPS) is 18.9. The van der Waals surface area contributed by atoms with Gasteiger partial charge in [0.1, 0.15) is 0 Å². The lowest BCUT2D eigenvalue weighted by atomic mass is 9.93. The molecular weight excluding hydrogens is 292 g/mol. The second-order valence-electron chi connectivity index (χ2n) is 5.36. The van der Waals surface area contributed by atoms with Gasteiger partial charge in [-0.25, -0.2) is 0 Å². The van der Waals surface area contributed by atoms with Crippen molar-refractivity contribution in [2.75, 3.05) is 0 Å².